The van der Waals surface area contributed by atoms with Crippen LogP contribution in [0.2, 0.25) is 0 Å². The van der Waals surface area contributed by atoms with Gasteiger partial charge in [0.1, 0.15) is 0 Å². The molecule has 1 saturated carbocycles. The fraction of sp³-hybridized carbons (Fsp3) is 0.710. The van der Waals surface area contributed by atoms with Crippen LogP contribution in [0, 0.1) is 29.4 Å². The maximum atomic E-state index is 15.6. The van der Waals surface area contributed by atoms with E-state index in [4.69, 9.17) is 21.2 Å². The van der Waals surface area contributed by atoms with Gasteiger partial charge in [0.05, 0.1) is 35.8 Å². The molecule has 0 aromatic heterocycles. The van der Waals surface area contributed by atoms with Crippen LogP contribution in [0.1, 0.15) is 95.6 Å². The fourth-order valence-corrected chi connectivity index (χ4v) is 6.15. The Kier molecular flexibility index (Phi) is 11.4. The van der Waals surface area contributed by atoms with Gasteiger partial charge in [0.25, 0.3) is 12.3 Å². The molecule has 10 heteroatoms. The summed E-state index contributed by atoms with van der Waals surface area (Å²) in [5.74, 6) is -7.15. The monoisotopic (exact) mass is 604 g/mol. The molecular weight excluding hydrogens is 563 g/mol. The van der Waals surface area contributed by atoms with Crippen molar-refractivity contribution in [1.82, 2.24) is 5.06 Å². The van der Waals surface area contributed by atoms with Crippen LogP contribution < -0.4 is 4.74 Å². The molecule has 4 unspecified atom stereocenters. The first-order chi connectivity index (χ1) is 19.7. The summed E-state index contributed by atoms with van der Waals surface area (Å²) < 4.78 is 81.5. The van der Waals surface area contributed by atoms with Gasteiger partial charge in [-0.15, -0.1) is 11.6 Å². The van der Waals surface area contributed by atoms with E-state index in [1.54, 1.807) is 0 Å². The second kappa shape index (κ2) is 14.5. The van der Waals surface area contributed by atoms with E-state index in [0.717, 1.165) is 42.6 Å². The van der Waals surface area contributed by atoms with Crippen LogP contribution in [0.15, 0.2) is 23.3 Å². The predicted octanol–water partition coefficient (Wildman–Crippen LogP) is 9.25. The number of alkyl halides is 4. The number of benzene rings is 1. The van der Waals surface area contributed by atoms with Gasteiger partial charge in [0.15, 0.2) is 11.6 Å². The first kappa shape index (κ1) is 32.1. The Morgan fingerprint density at radius 1 is 1.07 bits per heavy atom. The lowest BCUT2D eigenvalue weighted by Gasteiger charge is -2.35. The number of hydrogen-bond donors (Lipinski definition) is 0. The third-order valence-corrected chi connectivity index (χ3v) is 8.85. The van der Waals surface area contributed by atoms with E-state index < -0.39 is 35.5 Å². The number of aryl methyl sites for hydroxylation is 1. The summed E-state index contributed by atoms with van der Waals surface area (Å²) in [5, 5.41) is 0.496. The van der Waals surface area contributed by atoms with Crippen molar-refractivity contribution >= 4 is 17.3 Å². The molecule has 4 rings (SSSR count). The summed E-state index contributed by atoms with van der Waals surface area (Å²) >= 11 is 6.17. The van der Waals surface area contributed by atoms with Crippen LogP contribution in [0.4, 0.5) is 22.0 Å². The van der Waals surface area contributed by atoms with Crippen molar-refractivity contribution in [3.05, 3.63) is 41.1 Å². The highest BCUT2D eigenvalue weighted by atomic mass is 35.5. The van der Waals surface area contributed by atoms with Gasteiger partial charge in [-0.05, 0) is 68.1 Å². The summed E-state index contributed by atoms with van der Waals surface area (Å²) in [6.45, 7) is 4.48. The topological polar surface area (TPSA) is 34.1 Å². The molecular formula is C31H42ClF5N2O2. The highest BCUT2D eigenvalue weighted by Gasteiger charge is 2.51. The Bertz CT molecular complexity index is 1080. The SMILES string of the molecule is CCCCC(Cl)CON1C=CC(C2CCc3cc(OCCCCCC(CC)C4CC4)c(F)c(F)c3C2(F)F)=NC1F. The average molecular weight is 605 g/mol. The van der Waals surface area contributed by atoms with Gasteiger partial charge in [0.2, 0.25) is 5.82 Å². The van der Waals surface area contributed by atoms with Gasteiger partial charge in [-0.3, -0.25) is 4.84 Å². The zero-order valence-corrected chi connectivity index (χ0v) is 24.8. The summed E-state index contributed by atoms with van der Waals surface area (Å²) in [4.78, 5) is 9.11. The molecule has 0 N–H and O–H groups in total. The molecule has 4 nitrogen and oxygen atoms in total. The predicted molar refractivity (Wildman–Crippen MR) is 151 cm³/mol. The molecule has 0 radical (unpaired) electrons. The summed E-state index contributed by atoms with van der Waals surface area (Å²) in [5.41, 5.74) is -1.23. The van der Waals surface area contributed by atoms with E-state index in [0.29, 0.717) is 12.8 Å². The first-order valence-electron chi connectivity index (χ1n) is 15.1. The number of hydrogen-bond acceptors (Lipinski definition) is 4. The largest absolute Gasteiger partial charge is 0.490 e. The number of aliphatic imine (C=N–C) groups is 1. The van der Waals surface area contributed by atoms with Crippen LogP contribution in [0.5, 0.6) is 5.75 Å². The van der Waals surface area contributed by atoms with E-state index in [2.05, 4.69) is 11.9 Å². The van der Waals surface area contributed by atoms with Gasteiger partial charge >= 0.3 is 0 Å². The molecule has 0 bridgehead atoms. The van der Waals surface area contributed by atoms with E-state index in [-0.39, 0.29) is 48.5 Å². The molecule has 1 aliphatic heterocycles. The maximum Gasteiger partial charge on any atom is 0.288 e. The summed E-state index contributed by atoms with van der Waals surface area (Å²) in [7, 11) is 0. The van der Waals surface area contributed by atoms with Crippen molar-refractivity contribution < 1.29 is 31.5 Å². The number of hydroxylamine groups is 2. The van der Waals surface area contributed by atoms with Crippen molar-refractivity contribution in [2.75, 3.05) is 13.2 Å². The van der Waals surface area contributed by atoms with Crippen LogP contribution in [-0.2, 0) is 17.2 Å². The minimum Gasteiger partial charge on any atom is -0.490 e. The number of fused-ring (bicyclic) bond motifs is 1. The normalized spacial score (nSPS) is 23.2. The molecule has 3 aliphatic rings. The minimum atomic E-state index is -3.79. The van der Waals surface area contributed by atoms with Gasteiger partial charge in [-0.2, -0.15) is 8.78 Å². The van der Waals surface area contributed by atoms with Gasteiger partial charge in [0, 0.05) is 6.20 Å². The Balaban J connectivity index is 1.34. The van der Waals surface area contributed by atoms with Crippen LogP contribution in [-0.4, -0.2) is 35.8 Å². The molecule has 1 heterocycles. The zero-order chi connectivity index (χ0) is 29.6. The molecule has 1 aromatic carbocycles. The Hall–Kier alpha value is -1.87. The number of unbranched alkanes of at least 4 members (excludes halogenated alkanes) is 3. The highest BCUT2D eigenvalue weighted by molar-refractivity contribution is 6.20. The lowest BCUT2D eigenvalue weighted by molar-refractivity contribution is -0.180. The third-order valence-electron chi connectivity index (χ3n) is 8.51. The fourth-order valence-electron chi connectivity index (χ4n) is 5.94. The van der Waals surface area contributed by atoms with E-state index >= 15 is 13.2 Å². The molecule has 0 spiro atoms. The molecule has 1 aromatic rings. The van der Waals surface area contributed by atoms with Crippen molar-refractivity contribution in [1.29, 1.82) is 0 Å². The molecule has 4 atom stereocenters. The number of rotatable bonds is 16. The molecule has 230 valence electrons. The highest BCUT2D eigenvalue weighted by Crippen LogP contribution is 2.48. The maximum absolute atomic E-state index is 15.6. The second-order valence-electron chi connectivity index (χ2n) is 11.5. The van der Waals surface area contributed by atoms with Crippen LogP contribution in [0.25, 0.3) is 0 Å². The molecule has 0 saturated heterocycles. The van der Waals surface area contributed by atoms with Gasteiger partial charge in [-0.1, -0.05) is 52.4 Å². The van der Waals surface area contributed by atoms with Crippen molar-refractivity contribution in [2.45, 2.75) is 109 Å². The van der Waals surface area contributed by atoms with E-state index in [1.165, 1.54) is 44.0 Å². The average Bonchev–Trinajstić information content (AvgIpc) is 3.78. The van der Waals surface area contributed by atoms with Crippen molar-refractivity contribution in [3.63, 3.8) is 0 Å². The van der Waals surface area contributed by atoms with Gasteiger partial charge < -0.3 is 4.74 Å². The lowest BCUT2D eigenvalue weighted by Crippen LogP contribution is -2.41. The van der Waals surface area contributed by atoms with Crippen LogP contribution in [0.3, 0.4) is 0 Å². The van der Waals surface area contributed by atoms with Crippen LogP contribution >= 0.6 is 11.6 Å². The molecule has 1 fully saturated rings. The standard InChI is InChI=1S/C31H42ClF5N2O2/c1-3-5-10-23(32)19-41-39-16-15-25(38-30(39)35)24-14-13-22-18-26(28(33)29(34)27(22)31(24,36)37)40-17-8-6-7-9-20(4-2)21-11-12-21/h15-16,18,20-21,23-24,30H,3-14,17,19H2,1-2H3. The smallest absolute Gasteiger partial charge is 0.288 e. The Labute approximate surface area is 245 Å². The first-order valence-corrected chi connectivity index (χ1v) is 15.6. The number of halogens is 6. The Morgan fingerprint density at radius 2 is 1.85 bits per heavy atom. The zero-order valence-electron chi connectivity index (χ0n) is 24.0. The number of nitrogens with zero attached hydrogens (tertiary/aromatic N) is 2. The third kappa shape index (κ3) is 7.95. The lowest BCUT2D eigenvalue weighted by atomic mass is 9.77. The summed E-state index contributed by atoms with van der Waals surface area (Å²) in [6.07, 6.45) is 10.5. The van der Waals surface area contributed by atoms with Gasteiger partial charge in [-0.25, -0.2) is 23.2 Å². The molecule has 41 heavy (non-hydrogen) atoms. The number of allylic oxidation sites excluding steroid dienone is 1. The van der Waals surface area contributed by atoms with Crippen molar-refractivity contribution in [2.24, 2.45) is 22.7 Å². The van der Waals surface area contributed by atoms with E-state index in [9.17, 15) is 8.78 Å². The molecule has 0 amide bonds. The quantitative estimate of drug-likeness (QED) is 0.0816. The minimum absolute atomic E-state index is 0.00208. The van der Waals surface area contributed by atoms with Crippen molar-refractivity contribution in [3.8, 4) is 5.75 Å². The molecule has 2 aliphatic carbocycles. The Morgan fingerprint density at radius 3 is 2.54 bits per heavy atom. The summed E-state index contributed by atoms with van der Waals surface area (Å²) in [6, 6.07) is 1.19. The number of ether oxygens (including phenoxy) is 1. The second-order valence-corrected chi connectivity index (χ2v) is 12.1. The van der Waals surface area contributed by atoms with E-state index in [1.807, 2.05) is 6.92 Å².